The van der Waals surface area contributed by atoms with E-state index in [-0.39, 0.29) is 0 Å². The van der Waals surface area contributed by atoms with E-state index in [1.165, 1.54) is 0 Å². The molecule has 0 atom stereocenters. The maximum absolute atomic E-state index is 6.01. The summed E-state index contributed by atoms with van der Waals surface area (Å²) in [6.45, 7) is 4.86. The van der Waals surface area contributed by atoms with Gasteiger partial charge in [0.2, 0.25) is 5.95 Å². The van der Waals surface area contributed by atoms with Gasteiger partial charge in [0.1, 0.15) is 5.82 Å². The number of H-pyrrole nitrogens is 1. The van der Waals surface area contributed by atoms with Crippen LogP contribution in [0.15, 0.2) is 30.6 Å². The number of hydrogen-bond donors (Lipinski definition) is 2. The Balaban J connectivity index is 1.20. The van der Waals surface area contributed by atoms with E-state index in [1.54, 1.807) is 0 Å². The van der Waals surface area contributed by atoms with Crippen molar-refractivity contribution in [3.8, 4) is 0 Å². The van der Waals surface area contributed by atoms with Crippen molar-refractivity contribution in [2.24, 2.45) is 0 Å². The molecular weight excluding hydrogens is 364 g/mol. The summed E-state index contributed by atoms with van der Waals surface area (Å²) in [4.78, 5) is 19.0. The van der Waals surface area contributed by atoms with Crippen LogP contribution in [-0.4, -0.2) is 52.8 Å². The van der Waals surface area contributed by atoms with Crippen LogP contribution in [0.2, 0.25) is 5.02 Å². The first kappa shape index (κ1) is 18.2. The van der Waals surface area contributed by atoms with Crippen molar-refractivity contribution >= 4 is 28.6 Å². The van der Waals surface area contributed by atoms with Crippen LogP contribution in [0.25, 0.3) is 11.0 Å². The molecule has 27 heavy (non-hydrogen) atoms. The Bertz CT molecular complexity index is 876. The van der Waals surface area contributed by atoms with Gasteiger partial charge in [0, 0.05) is 49.0 Å². The molecular formula is C19H23ClN6O. The minimum atomic E-state index is 0.723. The van der Waals surface area contributed by atoms with E-state index in [0.29, 0.717) is 0 Å². The zero-order valence-electron chi connectivity index (χ0n) is 15.1. The first-order valence-electron chi connectivity index (χ1n) is 9.26. The summed E-state index contributed by atoms with van der Waals surface area (Å²) in [5, 5.41) is 4.16. The number of imidazole rings is 1. The molecule has 0 amide bonds. The van der Waals surface area contributed by atoms with Gasteiger partial charge in [0.05, 0.1) is 24.2 Å². The number of aromatic nitrogens is 4. The maximum atomic E-state index is 6.01. The van der Waals surface area contributed by atoms with Crippen molar-refractivity contribution in [3.63, 3.8) is 0 Å². The third-order valence-corrected chi connectivity index (χ3v) is 4.81. The number of nitrogens with zero attached hydrogens (tertiary/aromatic N) is 4. The third-order valence-electron chi connectivity index (χ3n) is 4.57. The molecule has 1 aromatic carbocycles. The Labute approximate surface area is 163 Å². The zero-order chi connectivity index (χ0) is 18.5. The van der Waals surface area contributed by atoms with Gasteiger partial charge in [0.15, 0.2) is 0 Å². The molecule has 1 saturated heterocycles. The predicted octanol–water partition coefficient (Wildman–Crippen LogP) is 2.57. The smallest absolute Gasteiger partial charge is 0.225 e. The van der Waals surface area contributed by atoms with Gasteiger partial charge < -0.3 is 19.9 Å². The largest absolute Gasteiger partial charge is 0.378 e. The molecule has 142 valence electrons. The van der Waals surface area contributed by atoms with Crippen LogP contribution in [0, 0.1) is 0 Å². The Hall–Kier alpha value is -2.22. The Morgan fingerprint density at radius 1 is 1.19 bits per heavy atom. The quantitative estimate of drug-likeness (QED) is 0.607. The highest BCUT2D eigenvalue weighted by atomic mass is 35.5. The van der Waals surface area contributed by atoms with E-state index in [1.807, 2.05) is 30.6 Å². The van der Waals surface area contributed by atoms with Gasteiger partial charge >= 0.3 is 0 Å². The van der Waals surface area contributed by atoms with Crippen molar-refractivity contribution in [1.29, 1.82) is 0 Å². The molecule has 1 aliphatic rings. The van der Waals surface area contributed by atoms with Crippen LogP contribution in [0.3, 0.4) is 0 Å². The standard InChI is InChI=1S/C19H23ClN6O/c20-15-3-4-16-17(10-15)25-18(24-16)2-1-5-21-11-14-12-22-19(23-13-14)26-6-8-27-9-7-26/h3-4,10,12-13,21H,1-2,5-9,11H2,(H,24,25). The fourth-order valence-corrected chi connectivity index (χ4v) is 3.30. The average molecular weight is 387 g/mol. The fourth-order valence-electron chi connectivity index (χ4n) is 3.13. The molecule has 2 N–H and O–H groups in total. The number of hydrogen-bond acceptors (Lipinski definition) is 6. The van der Waals surface area contributed by atoms with Crippen LogP contribution in [0.4, 0.5) is 5.95 Å². The van der Waals surface area contributed by atoms with Gasteiger partial charge in [0.25, 0.3) is 0 Å². The van der Waals surface area contributed by atoms with Gasteiger partial charge in [-0.1, -0.05) is 11.6 Å². The van der Waals surface area contributed by atoms with Crippen molar-refractivity contribution in [3.05, 3.63) is 47.0 Å². The molecule has 3 aromatic rings. The number of fused-ring (bicyclic) bond motifs is 1. The number of aromatic amines is 1. The summed E-state index contributed by atoms with van der Waals surface area (Å²) in [6, 6.07) is 5.71. The molecule has 0 aliphatic carbocycles. The van der Waals surface area contributed by atoms with E-state index in [0.717, 1.165) is 85.6 Å². The molecule has 2 aromatic heterocycles. The molecule has 1 fully saturated rings. The highest BCUT2D eigenvalue weighted by Crippen LogP contribution is 2.17. The minimum Gasteiger partial charge on any atom is -0.378 e. The van der Waals surface area contributed by atoms with Crippen molar-refractivity contribution in [2.75, 3.05) is 37.7 Å². The number of anilines is 1. The topological polar surface area (TPSA) is 79.0 Å². The van der Waals surface area contributed by atoms with Crippen LogP contribution in [0.1, 0.15) is 17.8 Å². The lowest BCUT2D eigenvalue weighted by atomic mass is 10.3. The molecule has 0 radical (unpaired) electrons. The van der Waals surface area contributed by atoms with Gasteiger partial charge in [-0.15, -0.1) is 0 Å². The van der Waals surface area contributed by atoms with Crippen LogP contribution in [0.5, 0.6) is 0 Å². The highest BCUT2D eigenvalue weighted by molar-refractivity contribution is 6.31. The number of halogens is 1. The van der Waals surface area contributed by atoms with Crippen molar-refractivity contribution in [2.45, 2.75) is 19.4 Å². The average Bonchev–Trinajstić information content (AvgIpc) is 3.11. The number of nitrogens with one attached hydrogen (secondary N) is 2. The van der Waals surface area contributed by atoms with Crippen LogP contribution >= 0.6 is 11.6 Å². The summed E-state index contributed by atoms with van der Waals surface area (Å²) in [5.41, 5.74) is 3.04. The second-order valence-electron chi connectivity index (χ2n) is 6.62. The molecule has 7 nitrogen and oxygen atoms in total. The second kappa shape index (κ2) is 8.65. The van der Waals surface area contributed by atoms with Gasteiger partial charge in [-0.2, -0.15) is 0 Å². The number of morpholine rings is 1. The number of aryl methyl sites for hydroxylation is 1. The van der Waals surface area contributed by atoms with Gasteiger partial charge in [-0.25, -0.2) is 15.0 Å². The Morgan fingerprint density at radius 3 is 2.81 bits per heavy atom. The lowest BCUT2D eigenvalue weighted by Crippen LogP contribution is -2.37. The minimum absolute atomic E-state index is 0.723. The highest BCUT2D eigenvalue weighted by Gasteiger charge is 2.13. The molecule has 8 heteroatoms. The maximum Gasteiger partial charge on any atom is 0.225 e. The molecule has 3 heterocycles. The van der Waals surface area contributed by atoms with Gasteiger partial charge in [-0.3, -0.25) is 0 Å². The lowest BCUT2D eigenvalue weighted by Gasteiger charge is -2.26. The van der Waals surface area contributed by atoms with E-state index in [2.05, 4.69) is 30.2 Å². The number of benzene rings is 1. The van der Waals surface area contributed by atoms with E-state index in [4.69, 9.17) is 16.3 Å². The van der Waals surface area contributed by atoms with E-state index < -0.39 is 0 Å². The van der Waals surface area contributed by atoms with Crippen LogP contribution < -0.4 is 10.2 Å². The van der Waals surface area contributed by atoms with Crippen molar-refractivity contribution < 1.29 is 4.74 Å². The zero-order valence-corrected chi connectivity index (χ0v) is 15.9. The molecule has 0 unspecified atom stereocenters. The molecule has 0 spiro atoms. The summed E-state index contributed by atoms with van der Waals surface area (Å²) < 4.78 is 5.36. The molecule has 0 bridgehead atoms. The lowest BCUT2D eigenvalue weighted by molar-refractivity contribution is 0.122. The first-order valence-corrected chi connectivity index (χ1v) is 9.64. The second-order valence-corrected chi connectivity index (χ2v) is 7.05. The predicted molar refractivity (Wildman–Crippen MR) is 106 cm³/mol. The molecule has 1 aliphatic heterocycles. The summed E-state index contributed by atoms with van der Waals surface area (Å²) >= 11 is 6.01. The van der Waals surface area contributed by atoms with E-state index in [9.17, 15) is 0 Å². The summed E-state index contributed by atoms with van der Waals surface area (Å²) in [6.07, 6.45) is 5.69. The fraction of sp³-hybridized carbons (Fsp3) is 0.421. The molecule has 0 saturated carbocycles. The van der Waals surface area contributed by atoms with E-state index >= 15 is 0 Å². The SMILES string of the molecule is Clc1ccc2nc(CCCNCc3cnc(N4CCOCC4)nc3)[nH]c2c1. The third kappa shape index (κ3) is 4.74. The Kier molecular flexibility index (Phi) is 5.81. The van der Waals surface area contributed by atoms with Gasteiger partial charge in [-0.05, 0) is 31.2 Å². The normalized spacial score (nSPS) is 14.8. The monoisotopic (exact) mass is 386 g/mol. The number of ether oxygens (including phenoxy) is 1. The van der Waals surface area contributed by atoms with Crippen LogP contribution in [-0.2, 0) is 17.7 Å². The Morgan fingerprint density at radius 2 is 2.00 bits per heavy atom. The summed E-state index contributed by atoms with van der Waals surface area (Å²) in [7, 11) is 0. The number of rotatable bonds is 7. The molecule has 4 rings (SSSR count). The van der Waals surface area contributed by atoms with Crippen molar-refractivity contribution in [1.82, 2.24) is 25.3 Å². The first-order chi connectivity index (χ1) is 13.3. The summed E-state index contributed by atoms with van der Waals surface area (Å²) in [5.74, 6) is 1.78.